The molecule has 0 bridgehead atoms. The smallest absolute Gasteiger partial charge is 0.243 e. The fourth-order valence-corrected chi connectivity index (χ4v) is 4.58. The maximum absolute atomic E-state index is 13.4. The molecule has 0 spiro atoms. The summed E-state index contributed by atoms with van der Waals surface area (Å²) in [7, 11) is -3.87. The number of benzene rings is 2. The van der Waals surface area contributed by atoms with Crippen LogP contribution in [0.4, 0.5) is 8.78 Å². The minimum Gasteiger partial charge on any atom is -0.508 e. The molecule has 1 aliphatic heterocycles. The lowest BCUT2D eigenvalue weighted by molar-refractivity contribution is 0.180. The van der Waals surface area contributed by atoms with Gasteiger partial charge in [-0.05, 0) is 49.2 Å². The van der Waals surface area contributed by atoms with Crippen LogP contribution >= 0.6 is 0 Å². The highest BCUT2D eigenvalue weighted by atomic mass is 32.2. The minimum atomic E-state index is -3.87. The van der Waals surface area contributed by atoms with Crippen LogP contribution in [0.25, 0.3) is 0 Å². The van der Waals surface area contributed by atoms with Gasteiger partial charge in [-0.1, -0.05) is 6.07 Å². The number of aromatic hydroxyl groups is 1. The fourth-order valence-electron chi connectivity index (χ4n) is 3.14. The van der Waals surface area contributed by atoms with Gasteiger partial charge in [0.1, 0.15) is 5.75 Å². The predicted octanol–water partition coefficient (Wildman–Crippen LogP) is 2.79. The van der Waals surface area contributed by atoms with Crippen molar-refractivity contribution in [2.24, 2.45) is 0 Å². The lowest BCUT2D eigenvalue weighted by Crippen LogP contribution is -2.48. The monoisotopic (exact) mass is 396 g/mol. The molecule has 0 amide bonds. The molecule has 1 aliphatic rings. The van der Waals surface area contributed by atoms with Crippen LogP contribution in [-0.2, 0) is 16.6 Å². The van der Waals surface area contributed by atoms with Gasteiger partial charge < -0.3 is 5.11 Å². The van der Waals surface area contributed by atoms with Crippen LogP contribution in [0.2, 0.25) is 0 Å². The number of phenolic OH excluding ortho intramolecular Hbond substituents is 1. The Bertz CT molecular complexity index is 956. The van der Waals surface area contributed by atoms with E-state index in [1.165, 1.54) is 4.31 Å². The van der Waals surface area contributed by atoms with Gasteiger partial charge in [0.05, 0.1) is 4.90 Å². The Morgan fingerprint density at radius 1 is 0.963 bits per heavy atom. The largest absolute Gasteiger partial charge is 0.508 e. The topological polar surface area (TPSA) is 60.9 Å². The zero-order valence-electron chi connectivity index (χ0n) is 15.2. The van der Waals surface area contributed by atoms with E-state index in [2.05, 4.69) is 4.90 Å². The number of halogens is 2. The van der Waals surface area contributed by atoms with E-state index in [1.807, 2.05) is 19.9 Å². The summed E-state index contributed by atoms with van der Waals surface area (Å²) >= 11 is 0. The molecule has 146 valence electrons. The second-order valence-corrected chi connectivity index (χ2v) is 8.76. The van der Waals surface area contributed by atoms with Gasteiger partial charge in [0.25, 0.3) is 0 Å². The van der Waals surface area contributed by atoms with Crippen molar-refractivity contribution in [1.82, 2.24) is 9.21 Å². The van der Waals surface area contributed by atoms with Crippen molar-refractivity contribution in [2.45, 2.75) is 25.3 Å². The maximum atomic E-state index is 13.4. The predicted molar refractivity (Wildman–Crippen MR) is 98.0 cm³/mol. The maximum Gasteiger partial charge on any atom is 0.243 e. The summed E-state index contributed by atoms with van der Waals surface area (Å²) in [6.07, 6.45) is 0. The number of hydrogen-bond acceptors (Lipinski definition) is 4. The summed E-state index contributed by atoms with van der Waals surface area (Å²) in [6, 6.07) is 6.28. The summed E-state index contributed by atoms with van der Waals surface area (Å²) in [5.74, 6) is -2.03. The van der Waals surface area contributed by atoms with Gasteiger partial charge in [-0.3, -0.25) is 4.90 Å². The first-order valence-electron chi connectivity index (χ1n) is 8.65. The summed E-state index contributed by atoms with van der Waals surface area (Å²) in [6.45, 7) is 5.88. The minimum absolute atomic E-state index is 0.231. The molecule has 0 aliphatic carbocycles. The van der Waals surface area contributed by atoms with Crippen LogP contribution < -0.4 is 0 Å². The molecule has 2 aromatic rings. The molecule has 8 heteroatoms. The van der Waals surface area contributed by atoms with Gasteiger partial charge in [0.15, 0.2) is 11.6 Å². The first-order chi connectivity index (χ1) is 12.7. The van der Waals surface area contributed by atoms with Crippen molar-refractivity contribution in [3.63, 3.8) is 0 Å². The molecular formula is C19H22F2N2O3S. The van der Waals surface area contributed by atoms with E-state index in [9.17, 15) is 22.3 Å². The highest BCUT2D eigenvalue weighted by Crippen LogP contribution is 2.25. The van der Waals surface area contributed by atoms with Crippen molar-refractivity contribution >= 4 is 10.0 Å². The summed E-state index contributed by atoms with van der Waals surface area (Å²) in [5, 5.41) is 10.1. The lowest BCUT2D eigenvalue weighted by Gasteiger charge is -2.34. The first kappa shape index (κ1) is 19.7. The van der Waals surface area contributed by atoms with Crippen LogP contribution in [0.1, 0.15) is 16.7 Å². The first-order valence-corrected chi connectivity index (χ1v) is 10.1. The Morgan fingerprint density at radius 2 is 1.59 bits per heavy atom. The fraction of sp³-hybridized carbons (Fsp3) is 0.368. The molecule has 1 N–H and O–H groups in total. The van der Waals surface area contributed by atoms with Crippen LogP contribution in [0.3, 0.4) is 0 Å². The molecule has 0 radical (unpaired) electrons. The van der Waals surface area contributed by atoms with E-state index < -0.39 is 21.7 Å². The third-order valence-corrected chi connectivity index (χ3v) is 6.84. The highest BCUT2D eigenvalue weighted by molar-refractivity contribution is 7.89. The number of aryl methyl sites for hydroxylation is 2. The molecule has 0 saturated carbocycles. The number of piperazine rings is 1. The average molecular weight is 396 g/mol. The van der Waals surface area contributed by atoms with Crippen LogP contribution in [0, 0.1) is 25.5 Å². The van der Waals surface area contributed by atoms with Crippen molar-refractivity contribution < 1.29 is 22.3 Å². The molecule has 2 aromatic carbocycles. The summed E-state index contributed by atoms with van der Waals surface area (Å²) < 4.78 is 53.0. The van der Waals surface area contributed by atoms with Crippen LogP contribution in [0.5, 0.6) is 5.75 Å². The number of rotatable bonds is 4. The molecule has 5 nitrogen and oxygen atoms in total. The zero-order valence-corrected chi connectivity index (χ0v) is 16.1. The van der Waals surface area contributed by atoms with Gasteiger partial charge in [0, 0.05) is 38.3 Å². The van der Waals surface area contributed by atoms with E-state index in [4.69, 9.17) is 0 Å². The van der Waals surface area contributed by atoms with Gasteiger partial charge in [-0.25, -0.2) is 17.2 Å². The third kappa shape index (κ3) is 4.12. The number of sulfonamides is 1. The molecular weight excluding hydrogens is 374 g/mol. The number of phenols is 1. The zero-order chi connectivity index (χ0) is 19.8. The van der Waals surface area contributed by atoms with Crippen molar-refractivity contribution in [1.29, 1.82) is 0 Å². The number of hydrogen-bond donors (Lipinski definition) is 1. The molecule has 0 atom stereocenters. The van der Waals surface area contributed by atoms with Crippen LogP contribution in [0.15, 0.2) is 35.2 Å². The Morgan fingerprint density at radius 3 is 2.22 bits per heavy atom. The lowest BCUT2D eigenvalue weighted by atomic mass is 10.0. The summed E-state index contributed by atoms with van der Waals surface area (Å²) in [4.78, 5) is 1.81. The van der Waals surface area contributed by atoms with Gasteiger partial charge >= 0.3 is 0 Å². The van der Waals surface area contributed by atoms with E-state index in [1.54, 1.807) is 6.07 Å². The van der Waals surface area contributed by atoms with Gasteiger partial charge in [-0.2, -0.15) is 4.31 Å². The average Bonchev–Trinajstić information content (AvgIpc) is 2.62. The van der Waals surface area contributed by atoms with Gasteiger partial charge in [-0.15, -0.1) is 0 Å². The van der Waals surface area contributed by atoms with Crippen molar-refractivity contribution in [3.05, 3.63) is 58.7 Å². The normalized spacial score (nSPS) is 16.6. The Kier molecular flexibility index (Phi) is 5.50. The Hall–Kier alpha value is -2.03. The van der Waals surface area contributed by atoms with Crippen molar-refractivity contribution in [2.75, 3.05) is 26.2 Å². The SMILES string of the molecule is Cc1cc(O)c(CN2CCN(S(=O)(=O)c3ccc(F)c(F)c3)CC2)cc1C. The molecule has 3 rings (SSSR count). The van der Waals surface area contributed by atoms with E-state index >= 15 is 0 Å². The molecule has 0 unspecified atom stereocenters. The quantitative estimate of drug-likeness (QED) is 0.863. The van der Waals surface area contributed by atoms with Crippen molar-refractivity contribution in [3.8, 4) is 5.75 Å². The second-order valence-electron chi connectivity index (χ2n) is 6.82. The van der Waals surface area contributed by atoms with E-state index in [-0.39, 0.29) is 23.7 Å². The standard InChI is InChI=1S/C19H22F2N2O3S/c1-13-9-15(19(24)10-14(13)2)12-22-5-7-23(8-6-22)27(25,26)16-3-4-17(20)18(21)11-16/h3-4,9-11,24H,5-8,12H2,1-2H3. The molecule has 1 fully saturated rings. The number of nitrogens with zero attached hydrogens (tertiary/aromatic N) is 2. The van der Waals surface area contributed by atoms with Crippen LogP contribution in [-0.4, -0.2) is 48.9 Å². The second kappa shape index (κ2) is 7.53. The van der Waals surface area contributed by atoms with E-state index in [0.717, 1.165) is 28.8 Å². The summed E-state index contributed by atoms with van der Waals surface area (Å²) in [5.41, 5.74) is 2.90. The molecule has 1 saturated heterocycles. The van der Waals surface area contributed by atoms with E-state index in [0.29, 0.717) is 25.7 Å². The third-order valence-electron chi connectivity index (χ3n) is 4.95. The highest BCUT2D eigenvalue weighted by Gasteiger charge is 2.29. The molecule has 27 heavy (non-hydrogen) atoms. The molecule has 0 aromatic heterocycles. The van der Waals surface area contributed by atoms with Gasteiger partial charge in [0.2, 0.25) is 10.0 Å². The Labute approximate surface area is 157 Å². The Balaban J connectivity index is 1.68. The molecule has 1 heterocycles.